The third kappa shape index (κ3) is 4.16. The molecule has 0 atom stereocenters. The van der Waals surface area contributed by atoms with Crippen LogP contribution in [-0.2, 0) is 4.79 Å². The van der Waals surface area contributed by atoms with Crippen LogP contribution in [0.3, 0.4) is 0 Å². The van der Waals surface area contributed by atoms with Gasteiger partial charge in [0.25, 0.3) is 0 Å². The van der Waals surface area contributed by atoms with Crippen LogP contribution in [0.25, 0.3) is 0 Å². The molecule has 2 heterocycles. The summed E-state index contributed by atoms with van der Waals surface area (Å²) in [5.74, 6) is 0.992. The van der Waals surface area contributed by atoms with Gasteiger partial charge < -0.3 is 15.1 Å². The summed E-state index contributed by atoms with van der Waals surface area (Å²) in [4.78, 5) is 24.6. The van der Waals surface area contributed by atoms with Crippen molar-refractivity contribution in [3.05, 3.63) is 18.5 Å². The number of hydrogen-bond donors (Lipinski definition) is 1. The van der Waals surface area contributed by atoms with Crippen LogP contribution in [-0.4, -0.2) is 60.0 Å². The van der Waals surface area contributed by atoms with E-state index in [9.17, 15) is 4.79 Å². The molecule has 1 aromatic heterocycles. The lowest BCUT2D eigenvalue weighted by Gasteiger charge is -2.34. The van der Waals surface area contributed by atoms with E-state index in [0.717, 1.165) is 51.6 Å². The molecule has 2 rings (SSSR count). The van der Waals surface area contributed by atoms with E-state index in [4.69, 9.17) is 0 Å². The number of carbonyl (C=O) groups is 1. The van der Waals surface area contributed by atoms with Gasteiger partial charge in [-0.2, -0.15) is 0 Å². The van der Waals surface area contributed by atoms with Crippen LogP contribution in [0.1, 0.15) is 19.8 Å². The van der Waals surface area contributed by atoms with E-state index in [2.05, 4.69) is 27.1 Å². The topological polar surface area (TPSA) is 61.4 Å². The van der Waals surface area contributed by atoms with Crippen molar-refractivity contribution in [1.29, 1.82) is 0 Å². The molecule has 1 saturated heterocycles. The quantitative estimate of drug-likeness (QED) is 0.768. The van der Waals surface area contributed by atoms with Crippen LogP contribution in [0.5, 0.6) is 0 Å². The van der Waals surface area contributed by atoms with Gasteiger partial charge in [-0.1, -0.05) is 6.92 Å². The Kier molecular flexibility index (Phi) is 5.73. The van der Waals surface area contributed by atoms with Gasteiger partial charge in [0.1, 0.15) is 0 Å². The zero-order valence-electron chi connectivity index (χ0n) is 12.1. The molecule has 0 spiro atoms. The molecule has 1 fully saturated rings. The Balaban J connectivity index is 1.72. The first-order chi connectivity index (χ1) is 9.81. The maximum atomic E-state index is 12.0. The molecular weight excluding hydrogens is 254 g/mol. The van der Waals surface area contributed by atoms with Crippen molar-refractivity contribution >= 4 is 11.9 Å². The molecule has 20 heavy (non-hydrogen) atoms. The summed E-state index contributed by atoms with van der Waals surface area (Å²) in [6.07, 6.45) is 5.18. The molecule has 0 radical (unpaired) electrons. The Morgan fingerprint density at radius 3 is 2.55 bits per heavy atom. The summed E-state index contributed by atoms with van der Waals surface area (Å²) in [5.41, 5.74) is 0. The minimum atomic E-state index is 0.238. The Hall–Kier alpha value is -1.69. The summed E-state index contributed by atoms with van der Waals surface area (Å²) in [6, 6.07) is 1.81. The third-order valence-corrected chi connectivity index (χ3v) is 3.41. The first-order valence-corrected chi connectivity index (χ1v) is 7.31. The molecule has 1 aromatic rings. The van der Waals surface area contributed by atoms with Crippen molar-refractivity contribution in [1.82, 2.24) is 20.2 Å². The maximum Gasteiger partial charge on any atom is 0.225 e. The van der Waals surface area contributed by atoms with Crippen LogP contribution in [0, 0.1) is 0 Å². The number of nitrogens with one attached hydrogen (secondary N) is 1. The normalized spacial score (nSPS) is 15.4. The second-order valence-corrected chi connectivity index (χ2v) is 4.92. The van der Waals surface area contributed by atoms with Gasteiger partial charge in [-0.05, 0) is 19.0 Å². The van der Waals surface area contributed by atoms with E-state index in [-0.39, 0.29) is 5.91 Å². The number of hydrogen-bond acceptors (Lipinski definition) is 5. The number of piperazine rings is 1. The average molecular weight is 277 g/mol. The first kappa shape index (κ1) is 14.7. The minimum Gasteiger partial charge on any atom is -0.339 e. The first-order valence-electron chi connectivity index (χ1n) is 7.31. The Bertz CT molecular complexity index is 403. The predicted molar refractivity (Wildman–Crippen MR) is 78.6 cm³/mol. The summed E-state index contributed by atoms with van der Waals surface area (Å²) in [7, 11) is 0. The largest absolute Gasteiger partial charge is 0.339 e. The Labute approximate surface area is 120 Å². The van der Waals surface area contributed by atoms with Gasteiger partial charge in [0.2, 0.25) is 11.9 Å². The lowest BCUT2D eigenvalue weighted by atomic mass is 10.3. The van der Waals surface area contributed by atoms with E-state index in [1.54, 1.807) is 12.4 Å². The van der Waals surface area contributed by atoms with E-state index in [0.29, 0.717) is 6.42 Å². The molecule has 1 aliphatic rings. The summed E-state index contributed by atoms with van der Waals surface area (Å²) in [5, 5.41) is 3.26. The smallest absolute Gasteiger partial charge is 0.225 e. The number of rotatable bonds is 6. The van der Waals surface area contributed by atoms with Crippen LogP contribution in [0.2, 0.25) is 0 Å². The Morgan fingerprint density at radius 2 is 1.90 bits per heavy atom. The number of carbonyl (C=O) groups excluding carboxylic acids is 1. The van der Waals surface area contributed by atoms with E-state index < -0.39 is 0 Å². The second kappa shape index (κ2) is 7.79. The molecular formula is C14H23N5O. The summed E-state index contributed by atoms with van der Waals surface area (Å²) < 4.78 is 0. The van der Waals surface area contributed by atoms with E-state index in [1.165, 1.54) is 0 Å². The van der Waals surface area contributed by atoms with Gasteiger partial charge in [0, 0.05) is 51.5 Å². The molecule has 0 aromatic carbocycles. The molecule has 0 bridgehead atoms. The van der Waals surface area contributed by atoms with Gasteiger partial charge in [0.15, 0.2) is 0 Å². The molecule has 1 aliphatic heterocycles. The molecule has 0 aliphatic carbocycles. The summed E-state index contributed by atoms with van der Waals surface area (Å²) >= 11 is 0. The monoisotopic (exact) mass is 277 g/mol. The fourth-order valence-electron chi connectivity index (χ4n) is 2.27. The lowest BCUT2D eigenvalue weighted by molar-refractivity contribution is -0.131. The minimum absolute atomic E-state index is 0.238. The second-order valence-electron chi connectivity index (χ2n) is 4.92. The van der Waals surface area contributed by atoms with Crippen LogP contribution in [0.15, 0.2) is 18.5 Å². The Morgan fingerprint density at radius 1 is 1.20 bits per heavy atom. The molecule has 1 N–H and O–H groups in total. The molecule has 0 saturated carbocycles. The fraction of sp³-hybridized carbons (Fsp3) is 0.643. The van der Waals surface area contributed by atoms with Crippen molar-refractivity contribution in [2.45, 2.75) is 19.8 Å². The van der Waals surface area contributed by atoms with Crippen molar-refractivity contribution in [3.63, 3.8) is 0 Å². The van der Waals surface area contributed by atoms with Crippen molar-refractivity contribution in [3.8, 4) is 0 Å². The predicted octanol–water partition coefficient (Wildman–Crippen LogP) is 0.515. The van der Waals surface area contributed by atoms with Gasteiger partial charge in [0.05, 0.1) is 0 Å². The number of anilines is 1. The molecule has 0 unspecified atom stereocenters. The molecule has 110 valence electrons. The number of aromatic nitrogens is 2. The third-order valence-electron chi connectivity index (χ3n) is 3.41. The fourth-order valence-corrected chi connectivity index (χ4v) is 2.27. The maximum absolute atomic E-state index is 12.0. The van der Waals surface area contributed by atoms with Crippen molar-refractivity contribution in [2.75, 3.05) is 44.2 Å². The van der Waals surface area contributed by atoms with Gasteiger partial charge in [-0.25, -0.2) is 9.97 Å². The van der Waals surface area contributed by atoms with E-state index in [1.807, 2.05) is 11.0 Å². The van der Waals surface area contributed by atoms with Crippen LogP contribution >= 0.6 is 0 Å². The van der Waals surface area contributed by atoms with Gasteiger partial charge >= 0.3 is 0 Å². The zero-order valence-corrected chi connectivity index (χ0v) is 12.1. The molecule has 1 amide bonds. The highest BCUT2D eigenvalue weighted by atomic mass is 16.2. The van der Waals surface area contributed by atoms with Crippen molar-refractivity contribution < 1.29 is 4.79 Å². The average Bonchev–Trinajstić information content (AvgIpc) is 2.52. The van der Waals surface area contributed by atoms with Gasteiger partial charge in [-0.3, -0.25) is 4.79 Å². The van der Waals surface area contributed by atoms with E-state index >= 15 is 0 Å². The molecule has 6 heteroatoms. The lowest BCUT2D eigenvalue weighted by Crippen LogP contribution is -2.49. The number of amides is 1. The van der Waals surface area contributed by atoms with Crippen LogP contribution in [0.4, 0.5) is 5.95 Å². The van der Waals surface area contributed by atoms with Crippen LogP contribution < -0.4 is 10.2 Å². The number of nitrogens with zero attached hydrogens (tertiary/aromatic N) is 4. The standard InChI is InChI=1S/C14H23N5O/c1-2-5-15-8-4-13(20)18-9-11-19(12-10-18)14-16-6-3-7-17-14/h3,6-7,15H,2,4-5,8-12H2,1H3. The van der Waals surface area contributed by atoms with Gasteiger partial charge in [-0.15, -0.1) is 0 Å². The van der Waals surface area contributed by atoms with Crippen molar-refractivity contribution in [2.24, 2.45) is 0 Å². The highest BCUT2D eigenvalue weighted by Crippen LogP contribution is 2.10. The molecule has 6 nitrogen and oxygen atoms in total. The highest BCUT2D eigenvalue weighted by molar-refractivity contribution is 5.76. The summed E-state index contributed by atoms with van der Waals surface area (Å²) in [6.45, 7) is 6.99. The highest BCUT2D eigenvalue weighted by Gasteiger charge is 2.21. The zero-order chi connectivity index (χ0) is 14.2. The SMILES string of the molecule is CCCNCCC(=O)N1CCN(c2ncccn2)CC1.